The third-order valence-corrected chi connectivity index (χ3v) is 5.58. The van der Waals surface area contributed by atoms with Crippen LogP contribution in [-0.2, 0) is 9.59 Å². The molecule has 7 heteroatoms. The van der Waals surface area contributed by atoms with E-state index in [9.17, 15) is 14.7 Å². The van der Waals surface area contributed by atoms with Crippen LogP contribution in [-0.4, -0.2) is 33.4 Å². The number of carbonyl (C=O) groups excluding carboxylic acids is 2. The number of ether oxygens (including phenoxy) is 1. The molecule has 0 saturated carbocycles. The van der Waals surface area contributed by atoms with Crippen molar-refractivity contribution in [2.45, 2.75) is 13.0 Å². The summed E-state index contributed by atoms with van der Waals surface area (Å²) in [6, 6.07) is 22.5. The van der Waals surface area contributed by atoms with Crippen LogP contribution >= 0.6 is 0 Å². The molecule has 1 fully saturated rings. The molecule has 0 aliphatic carbocycles. The maximum absolute atomic E-state index is 13.2. The number of para-hydroxylation sites is 2. The smallest absolute Gasteiger partial charge is 0.302 e. The van der Waals surface area contributed by atoms with Gasteiger partial charge < -0.3 is 14.8 Å². The number of fused-ring (bicyclic) bond motifs is 1. The number of rotatable bonds is 5. The van der Waals surface area contributed by atoms with Crippen LogP contribution < -0.4 is 9.64 Å². The van der Waals surface area contributed by atoms with Crippen molar-refractivity contribution >= 4 is 34.4 Å². The molecule has 1 aliphatic rings. The summed E-state index contributed by atoms with van der Waals surface area (Å²) >= 11 is 0. The van der Waals surface area contributed by atoms with Crippen molar-refractivity contribution < 1.29 is 19.4 Å². The lowest BCUT2D eigenvalue weighted by molar-refractivity contribution is -0.132. The molecule has 3 aromatic carbocycles. The Labute approximate surface area is 190 Å². The van der Waals surface area contributed by atoms with Gasteiger partial charge in [-0.05, 0) is 36.8 Å². The SMILES string of the molecule is CCOc1cccc(/C(O)=C2\C(=O)C(=O)N(c3nc4ccccc4[nH]3)C2c2ccccc2)c1. The Kier molecular flexibility index (Phi) is 5.14. The van der Waals surface area contributed by atoms with Gasteiger partial charge in [-0.15, -0.1) is 0 Å². The van der Waals surface area contributed by atoms with Crippen molar-refractivity contribution in [3.05, 3.63) is 95.6 Å². The van der Waals surface area contributed by atoms with E-state index in [-0.39, 0.29) is 17.3 Å². The number of imidazole rings is 1. The number of nitrogens with zero attached hydrogens (tertiary/aromatic N) is 2. The van der Waals surface area contributed by atoms with E-state index in [1.807, 2.05) is 61.5 Å². The molecule has 7 nitrogen and oxygen atoms in total. The number of anilines is 1. The van der Waals surface area contributed by atoms with E-state index in [2.05, 4.69) is 9.97 Å². The molecule has 4 aromatic rings. The Morgan fingerprint density at radius 1 is 1.03 bits per heavy atom. The Morgan fingerprint density at radius 3 is 2.55 bits per heavy atom. The zero-order chi connectivity index (χ0) is 22.9. The zero-order valence-corrected chi connectivity index (χ0v) is 17.9. The second-order valence-corrected chi connectivity index (χ2v) is 7.62. The lowest BCUT2D eigenvalue weighted by Crippen LogP contribution is -2.30. The van der Waals surface area contributed by atoms with Crippen LogP contribution in [0.4, 0.5) is 5.95 Å². The summed E-state index contributed by atoms with van der Waals surface area (Å²) in [6.45, 7) is 2.32. The number of amides is 1. The molecule has 1 aliphatic heterocycles. The van der Waals surface area contributed by atoms with Gasteiger partial charge in [0.25, 0.3) is 5.78 Å². The number of carbonyl (C=O) groups is 2. The Hall–Kier alpha value is -4.39. The van der Waals surface area contributed by atoms with Crippen LogP contribution in [0.15, 0.2) is 84.4 Å². The highest BCUT2D eigenvalue weighted by Gasteiger charge is 2.48. The monoisotopic (exact) mass is 439 g/mol. The van der Waals surface area contributed by atoms with E-state index in [0.29, 0.717) is 29.0 Å². The molecule has 1 atom stereocenters. The number of aliphatic hydroxyl groups is 1. The Balaban J connectivity index is 1.70. The number of aliphatic hydroxyl groups excluding tert-OH is 1. The standard InChI is InChI=1S/C26H21N3O4/c1-2-33-18-12-8-11-17(15-18)23(30)21-22(16-9-4-3-5-10-16)29(25(32)24(21)31)26-27-19-13-6-7-14-20(19)28-26/h3-15,22,30H,2H2,1H3,(H,27,28)/b23-21+. The second-order valence-electron chi connectivity index (χ2n) is 7.62. The van der Waals surface area contributed by atoms with Gasteiger partial charge in [-0.2, -0.15) is 0 Å². The van der Waals surface area contributed by atoms with Crippen LogP contribution in [0.1, 0.15) is 24.1 Å². The summed E-state index contributed by atoms with van der Waals surface area (Å²) in [6.07, 6.45) is 0. The van der Waals surface area contributed by atoms with Crippen LogP contribution in [0.3, 0.4) is 0 Å². The number of hydrogen-bond acceptors (Lipinski definition) is 5. The molecule has 1 amide bonds. The van der Waals surface area contributed by atoms with Gasteiger partial charge in [0.1, 0.15) is 11.5 Å². The largest absolute Gasteiger partial charge is 0.507 e. The number of aromatic nitrogens is 2. The van der Waals surface area contributed by atoms with E-state index in [0.717, 1.165) is 5.52 Å². The maximum atomic E-state index is 13.2. The van der Waals surface area contributed by atoms with Crippen LogP contribution in [0.5, 0.6) is 5.75 Å². The number of Topliss-reactive ketones (excluding diaryl/α,β-unsaturated/α-hetero) is 1. The molecule has 33 heavy (non-hydrogen) atoms. The first kappa shape index (κ1) is 20.5. The molecular formula is C26H21N3O4. The summed E-state index contributed by atoms with van der Waals surface area (Å²) in [5.41, 5.74) is 2.49. The molecule has 2 heterocycles. The van der Waals surface area contributed by atoms with Gasteiger partial charge >= 0.3 is 5.91 Å². The molecule has 1 aromatic heterocycles. The Morgan fingerprint density at radius 2 is 1.79 bits per heavy atom. The molecule has 0 radical (unpaired) electrons. The highest BCUT2D eigenvalue weighted by atomic mass is 16.5. The average molecular weight is 439 g/mol. The van der Waals surface area contributed by atoms with E-state index in [1.165, 1.54) is 4.90 Å². The van der Waals surface area contributed by atoms with Gasteiger partial charge in [0.05, 0.1) is 29.3 Å². The first-order valence-electron chi connectivity index (χ1n) is 10.6. The summed E-state index contributed by atoms with van der Waals surface area (Å²) in [4.78, 5) is 35.4. The van der Waals surface area contributed by atoms with Crippen molar-refractivity contribution in [3.8, 4) is 5.75 Å². The summed E-state index contributed by atoms with van der Waals surface area (Å²) in [7, 11) is 0. The number of nitrogens with one attached hydrogen (secondary N) is 1. The summed E-state index contributed by atoms with van der Waals surface area (Å²) in [5.74, 6) is -0.991. The van der Waals surface area contributed by atoms with Crippen LogP contribution in [0, 0.1) is 0 Å². The zero-order valence-electron chi connectivity index (χ0n) is 17.9. The predicted molar refractivity (Wildman–Crippen MR) is 125 cm³/mol. The third-order valence-electron chi connectivity index (χ3n) is 5.58. The minimum atomic E-state index is -0.845. The highest BCUT2D eigenvalue weighted by molar-refractivity contribution is 6.51. The first-order valence-corrected chi connectivity index (χ1v) is 10.6. The number of aromatic amines is 1. The van der Waals surface area contributed by atoms with Gasteiger partial charge in [0.15, 0.2) is 0 Å². The van der Waals surface area contributed by atoms with Crippen LogP contribution in [0.2, 0.25) is 0 Å². The number of benzene rings is 3. The van der Waals surface area contributed by atoms with E-state index < -0.39 is 17.7 Å². The molecule has 164 valence electrons. The minimum absolute atomic E-state index is 0.000282. The van der Waals surface area contributed by atoms with Gasteiger partial charge in [-0.1, -0.05) is 54.6 Å². The van der Waals surface area contributed by atoms with E-state index in [4.69, 9.17) is 4.74 Å². The number of hydrogen-bond donors (Lipinski definition) is 2. The summed E-state index contributed by atoms with van der Waals surface area (Å²) in [5, 5.41) is 11.2. The third kappa shape index (κ3) is 3.53. The lowest BCUT2D eigenvalue weighted by Gasteiger charge is -2.23. The minimum Gasteiger partial charge on any atom is -0.507 e. The van der Waals surface area contributed by atoms with Crippen molar-refractivity contribution in [2.75, 3.05) is 11.5 Å². The van der Waals surface area contributed by atoms with Gasteiger partial charge in [-0.3, -0.25) is 14.5 Å². The fourth-order valence-electron chi connectivity index (χ4n) is 4.11. The van der Waals surface area contributed by atoms with Crippen LogP contribution in [0.25, 0.3) is 16.8 Å². The fraction of sp³-hybridized carbons (Fsp3) is 0.115. The van der Waals surface area contributed by atoms with Crippen molar-refractivity contribution in [3.63, 3.8) is 0 Å². The molecule has 0 spiro atoms. The number of H-pyrrole nitrogens is 1. The molecular weight excluding hydrogens is 418 g/mol. The lowest BCUT2D eigenvalue weighted by atomic mass is 9.95. The second kappa shape index (κ2) is 8.27. The molecule has 2 N–H and O–H groups in total. The van der Waals surface area contributed by atoms with Gasteiger partial charge in [0, 0.05) is 5.56 Å². The molecule has 0 bridgehead atoms. The fourth-order valence-corrected chi connectivity index (χ4v) is 4.11. The van der Waals surface area contributed by atoms with Crippen molar-refractivity contribution in [1.82, 2.24) is 9.97 Å². The topological polar surface area (TPSA) is 95.5 Å². The molecule has 1 unspecified atom stereocenters. The Bertz CT molecular complexity index is 1360. The van der Waals surface area contributed by atoms with Crippen molar-refractivity contribution in [1.29, 1.82) is 0 Å². The molecule has 5 rings (SSSR count). The average Bonchev–Trinajstić information content (AvgIpc) is 3.38. The predicted octanol–water partition coefficient (Wildman–Crippen LogP) is 4.59. The highest BCUT2D eigenvalue weighted by Crippen LogP contribution is 2.41. The van der Waals surface area contributed by atoms with Gasteiger partial charge in [-0.25, -0.2) is 4.98 Å². The van der Waals surface area contributed by atoms with Crippen molar-refractivity contribution in [2.24, 2.45) is 0 Å². The van der Waals surface area contributed by atoms with E-state index >= 15 is 0 Å². The normalized spacial score (nSPS) is 17.6. The van der Waals surface area contributed by atoms with E-state index in [1.54, 1.807) is 24.3 Å². The maximum Gasteiger partial charge on any atom is 0.302 e. The van der Waals surface area contributed by atoms with Gasteiger partial charge in [0.2, 0.25) is 5.95 Å². The quantitative estimate of drug-likeness (QED) is 0.269. The molecule has 1 saturated heterocycles. The summed E-state index contributed by atoms with van der Waals surface area (Å²) < 4.78 is 5.53. The number of ketones is 1. The first-order chi connectivity index (χ1) is 16.1.